The normalized spacial score (nSPS) is 13.0. The lowest BCUT2D eigenvalue weighted by Gasteiger charge is -2.17. The van der Waals surface area contributed by atoms with Crippen molar-refractivity contribution >= 4 is 15.6 Å². The number of unbranched alkanes of at least 4 members (excludes halogenated alkanes) is 2. The Hall–Kier alpha value is -1.20. The van der Waals surface area contributed by atoms with Crippen molar-refractivity contribution in [2.75, 3.05) is 6.61 Å². The SMILES string of the molecule is CCCCCOC(C(=O)CCC)S(=O)(=O)c1ccccc1. The molecule has 118 valence electrons. The first-order chi connectivity index (χ1) is 10.0. The summed E-state index contributed by atoms with van der Waals surface area (Å²) in [6, 6.07) is 8.02. The fourth-order valence-corrected chi connectivity index (χ4v) is 3.52. The van der Waals surface area contributed by atoms with Gasteiger partial charge in [-0.2, -0.15) is 0 Å². The van der Waals surface area contributed by atoms with Crippen LogP contribution in [0.15, 0.2) is 35.2 Å². The van der Waals surface area contributed by atoms with Crippen LogP contribution >= 0.6 is 0 Å². The van der Waals surface area contributed by atoms with Gasteiger partial charge in [0.1, 0.15) is 0 Å². The Balaban J connectivity index is 2.91. The molecule has 0 aliphatic carbocycles. The van der Waals surface area contributed by atoms with Crippen LogP contribution in [0.4, 0.5) is 0 Å². The van der Waals surface area contributed by atoms with E-state index in [-0.39, 0.29) is 17.1 Å². The van der Waals surface area contributed by atoms with Gasteiger partial charge in [0, 0.05) is 13.0 Å². The van der Waals surface area contributed by atoms with E-state index in [9.17, 15) is 13.2 Å². The molecule has 0 saturated carbocycles. The number of benzene rings is 1. The first-order valence-corrected chi connectivity index (χ1v) is 9.02. The third-order valence-corrected chi connectivity index (χ3v) is 5.02. The van der Waals surface area contributed by atoms with Crippen molar-refractivity contribution in [3.8, 4) is 0 Å². The molecule has 5 heteroatoms. The lowest BCUT2D eigenvalue weighted by Crippen LogP contribution is -2.33. The van der Waals surface area contributed by atoms with E-state index in [0.717, 1.165) is 19.3 Å². The number of sulfone groups is 1. The van der Waals surface area contributed by atoms with Crippen LogP contribution in [0.25, 0.3) is 0 Å². The van der Waals surface area contributed by atoms with Crippen LogP contribution in [0.1, 0.15) is 46.0 Å². The maximum atomic E-state index is 12.6. The van der Waals surface area contributed by atoms with Gasteiger partial charge in [-0.05, 0) is 25.0 Å². The van der Waals surface area contributed by atoms with E-state index in [0.29, 0.717) is 13.0 Å². The maximum Gasteiger partial charge on any atom is 0.221 e. The predicted octanol–water partition coefficient (Wildman–Crippen LogP) is 3.36. The first-order valence-electron chi connectivity index (χ1n) is 7.47. The lowest BCUT2D eigenvalue weighted by molar-refractivity contribution is -0.125. The highest BCUT2D eigenvalue weighted by Crippen LogP contribution is 2.19. The summed E-state index contributed by atoms with van der Waals surface area (Å²) in [6.45, 7) is 4.20. The van der Waals surface area contributed by atoms with Crippen LogP contribution in [-0.2, 0) is 19.4 Å². The van der Waals surface area contributed by atoms with Gasteiger partial charge >= 0.3 is 0 Å². The standard InChI is InChI=1S/C16H24O4S/c1-3-5-9-13-20-16(15(17)10-4-2)21(18,19)14-11-7-6-8-12-14/h6-8,11-12,16H,3-5,9-10,13H2,1-2H3. The highest BCUT2D eigenvalue weighted by atomic mass is 32.2. The number of hydrogen-bond acceptors (Lipinski definition) is 4. The zero-order valence-corrected chi connectivity index (χ0v) is 13.6. The molecule has 1 aromatic carbocycles. The summed E-state index contributed by atoms with van der Waals surface area (Å²) in [5, 5.41) is 0. The molecule has 0 heterocycles. The Labute approximate surface area is 127 Å². The van der Waals surface area contributed by atoms with E-state index in [4.69, 9.17) is 4.74 Å². The molecule has 1 rings (SSSR count). The highest BCUT2D eigenvalue weighted by Gasteiger charge is 2.33. The largest absolute Gasteiger partial charge is 0.355 e. The summed E-state index contributed by atoms with van der Waals surface area (Å²) < 4.78 is 30.6. The third-order valence-electron chi connectivity index (χ3n) is 3.13. The van der Waals surface area contributed by atoms with E-state index in [2.05, 4.69) is 6.92 Å². The number of hydrogen-bond donors (Lipinski definition) is 0. The number of Topliss-reactive ketones (excluding diaryl/α,β-unsaturated/α-hetero) is 1. The van der Waals surface area contributed by atoms with Crippen LogP contribution < -0.4 is 0 Å². The summed E-state index contributed by atoms with van der Waals surface area (Å²) >= 11 is 0. The number of carbonyl (C=O) groups excluding carboxylic acids is 1. The minimum absolute atomic E-state index is 0.134. The minimum atomic E-state index is -3.78. The Morgan fingerprint density at radius 2 is 1.76 bits per heavy atom. The average Bonchev–Trinajstić information content (AvgIpc) is 2.48. The third kappa shape index (κ3) is 5.25. The van der Waals surface area contributed by atoms with Crippen LogP contribution in [0.5, 0.6) is 0 Å². The van der Waals surface area contributed by atoms with Gasteiger partial charge in [0.15, 0.2) is 5.78 Å². The molecule has 0 bridgehead atoms. The van der Waals surface area contributed by atoms with Crippen molar-refractivity contribution in [2.45, 2.75) is 56.3 Å². The number of rotatable bonds is 10. The van der Waals surface area contributed by atoms with E-state index < -0.39 is 15.3 Å². The van der Waals surface area contributed by atoms with Gasteiger partial charge in [-0.25, -0.2) is 8.42 Å². The van der Waals surface area contributed by atoms with Crippen molar-refractivity contribution in [1.29, 1.82) is 0 Å². The van der Waals surface area contributed by atoms with E-state index in [1.807, 2.05) is 6.92 Å². The molecule has 0 spiro atoms. The predicted molar refractivity (Wildman–Crippen MR) is 82.8 cm³/mol. The lowest BCUT2D eigenvalue weighted by atomic mass is 10.2. The van der Waals surface area contributed by atoms with Crippen molar-refractivity contribution in [3.05, 3.63) is 30.3 Å². The number of carbonyl (C=O) groups is 1. The Morgan fingerprint density at radius 3 is 2.33 bits per heavy atom. The topological polar surface area (TPSA) is 60.4 Å². The molecule has 1 atom stereocenters. The molecule has 21 heavy (non-hydrogen) atoms. The second kappa shape index (κ2) is 8.95. The quantitative estimate of drug-likeness (QED) is 0.622. The van der Waals surface area contributed by atoms with Gasteiger partial charge in [-0.3, -0.25) is 4.79 Å². The molecular formula is C16H24O4S. The van der Waals surface area contributed by atoms with Crippen molar-refractivity contribution in [3.63, 3.8) is 0 Å². The summed E-state index contributed by atoms with van der Waals surface area (Å²) in [5.74, 6) is -0.363. The minimum Gasteiger partial charge on any atom is -0.355 e. The van der Waals surface area contributed by atoms with E-state index in [1.54, 1.807) is 18.2 Å². The highest BCUT2D eigenvalue weighted by molar-refractivity contribution is 7.92. The van der Waals surface area contributed by atoms with Crippen LogP contribution in [0.3, 0.4) is 0 Å². The zero-order valence-electron chi connectivity index (χ0n) is 12.7. The molecular weight excluding hydrogens is 288 g/mol. The summed E-state index contributed by atoms with van der Waals surface area (Å²) in [4.78, 5) is 12.3. The van der Waals surface area contributed by atoms with Gasteiger partial charge in [0.2, 0.25) is 15.3 Å². The van der Waals surface area contributed by atoms with Gasteiger partial charge < -0.3 is 4.74 Å². The summed E-state index contributed by atoms with van der Waals surface area (Å²) in [7, 11) is -3.78. The molecule has 4 nitrogen and oxygen atoms in total. The molecule has 0 saturated heterocycles. The second-order valence-electron chi connectivity index (χ2n) is 4.98. The summed E-state index contributed by atoms with van der Waals surface area (Å²) in [6.07, 6.45) is 3.56. The van der Waals surface area contributed by atoms with Gasteiger partial charge in [-0.15, -0.1) is 0 Å². The number of ketones is 1. The fraction of sp³-hybridized carbons (Fsp3) is 0.562. The van der Waals surface area contributed by atoms with E-state index >= 15 is 0 Å². The molecule has 0 radical (unpaired) electrons. The van der Waals surface area contributed by atoms with Gasteiger partial charge in [0.05, 0.1) is 4.90 Å². The molecule has 0 aromatic heterocycles. The second-order valence-corrected chi connectivity index (χ2v) is 6.97. The first kappa shape index (κ1) is 17.9. The van der Waals surface area contributed by atoms with Crippen molar-refractivity contribution in [2.24, 2.45) is 0 Å². The van der Waals surface area contributed by atoms with E-state index in [1.165, 1.54) is 12.1 Å². The molecule has 0 N–H and O–H groups in total. The molecule has 1 unspecified atom stereocenters. The smallest absolute Gasteiger partial charge is 0.221 e. The average molecular weight is 312 g/mol. The summed E-state index contributed by atoms with van der Waals surface area (Å²) in [5.41, 5.74) is -1.38. The zero-order chi connectivity index (χ0) is 15.7. The van der Waals surface area contributed by atoms with Gasteiger partial charge in [0.25, 0.3) is 0 Å². The number of ether oxygens (including phenoxy) is 1. The van der Waals surface area contributed by atoms with Crippen LogP contribution in [0.2, 0.25) is 0 Å². The molecule has 0 aliphatic rings. The van der Waals surface area contributed by atoms with Crippen LogP contribution in [-0.4, -0.2) is 26.2 Å². The molecule has 0 aliphatic heterocycles. The Bertz CT molecular complexity index is 522. The Morgan fingerprint density at radius 1 is 1.10 bits per heavy atom. The van der Waals surface area contributed by atoms with Gasteiger partial charge in [-0.1, -0.05) is 44.9 Å². The van der Waals surface area contributed by atoms with Crippen LogP contribution in [0, 0.1) is 0 Å². The monoisotopic (exact) mass is 312 g/mol. The molecule has 1 aromatic rings. The fourth-order valence-electron chi connectivity index (χ4n) is 2.00. The molecule has 0 amide bonds. The van der Waals surface area contributed by atoms with Crippen molar-refractivity contribution < 1.29 is 17.9 Å². The molecule has 0 fully saturated rings. The maximum absolute atomic E-state index is 12.6. The van der Waals surface area contributed by atoms with Crippen molar-refractivity contribution in [1.82, 2.24) is 0 Å². The Kier molecular flexibility index (Phi) is 7.61.